The van der Waals surface area contributed by atoms with Gasteiger partial charge in [0.15, 0.2) is 0 Å². The monoisotopic (exact) mass is 491 g/mol. The molecule has 0 aromatic rings. The molecule has 2 N–H and O–H groups in total. The van der Waals surface area contributed by atoms with E-state index >= 15 is 0 Å². The molecule has 182 valence electrons. The summed E-state index contributed by atoms with van der Waals surface area (Å²) in [4.78, 5) is 0. The topological polar surface area (TPSA) is 26.0 Å². The minimum atomic E-state index is -8.58. The lowest BCUT2D eigenvalue weighted by Gasteiger charge is -2.42. The van der Waals surface area contributed by atoms with Crippen LogP contribution >= 0.6 is 0 Å². The number of nitrogens with two attached hydrogens (primary N) is 1. The number of halogens is 17. The summed E-state index contributed by atoms with van der Waals surface area (Å²) in [5, 5.41) is 0. The van der Waals surface area contributed by atoms with Crippen LogP contribution in [0.1, 0.15) is 19.3 Å². The van der Waals surface area contributed by atoms with E-state index < -0.39 is 73.4 Å². The first-order chi connectivity index (χ1) is 12.8. The number of hydrogen-bond acceptors (Lipinski definition) is 1. The second-order valence-electron chi connectivity index (χ2n) is 5.89. The zero-order valence-electron chi connectivity index (χ0n) is 13.8. The van der Waals surface area contributed by atoms with Gasteiger partial charge < -0.3 is 5.73 Å². The molecule has 0 saturated carbocycles. The van der Waals surface area contributed by atoms with Gasteiger partial charge in [0.2, 0.25) is 0 Å². The van der Waals surface area contributed by atoms with Gasteiger partial charge in [0.1, 0.15) is 0 Å². The van der Waals surface area contributed by atoms with E-state index in [-0.39, 0.29) is 0 Å². The van der Waals surface area contributed by atoms with E-state index in [9.17, 15) is 74.6 Å². The van der Waals surface area contributed by atoms with Crippen LogP contribution in [0.15, 0.2) is 0 Å². The van der Waals surface area contributed by atoms with Crippen LogP contribution in [0, 0.1) is 0 Å². The van der Waals surface area contributed by atoms with Gasteiger partial charge in [0, 0.05) is 6.42 Å². The summed E-state index contributed by atoms with van der Waals surface area (Å²) in [5.74, 6) is -55.8. The van der Waals surface area contributed by atoms with Gasteiger partial charge in [-0.15, -0.1) is 0 Å². The highest BCUT2D eigenvalue weighted by molar-refractivity contribution is 5.15. The normalized spacial score (nSPS) is 16.2. The molecule has 0 aromatic heterocycles. The lowest BCUT2D eigenvalue weighted by molar-refractivity contribution is -0.461. The molecule has 0 unspecified atom stereocenters. The van der Waals surface area contributed by atoms with E-state index in [4.69, 9.17) is 5.73 Å². The third-order valence-corrected chi connectivity index (χ3v) is 3.73. The molecule has 0 saturated heterocycles. The first-order valence-corrected chi connectivity index (χ1v) is 7.22. The fourth-order valence-corrected chi connectivity index (χ4v) is 1.84. The predicted molar refractivity (Wildman–Crippen MR) is 63.6 cm³/mol. The van der Waals surface area contributed by atoms with E-state index in [0.29, 0.717) is 0 Å². The maximum absolute atomic E-state index is 13.4. The average molecular weight is 491 g/mol. The Hall–Kier alpha value is -1.23. The van der Waals surface area contributed by atoms with Crippen LogP contribution < -0.4 is 5.73 Å². The van der Waals surface area contributed by atoms with Crippen LogP contribution in [-0.4, -0.2) is 54.2 Å². The van der Waals surface area contributed by atoms with Crippen LogP contribution in [-0.2, 0) is 0 Å². The van der Waals surface area contributed by atoms with Crippen molar-refractivity contribution < 1.29 is 74.6 Å². The molecule has 1 nitrogen and oxygen atoms in total. The van der Waals surface area contributed by atoms with E-state index in [0.717, 1.165) is 0 Å². The summed E-state index contributed by atoms with van der Waals surface area (Å²) in [7, 11) is 0. The van der Waals surface area contributed by atoms with Gasteiger partial charge in [0.25, 0.3) is 0 Å². The minimum absolute atomic E-state index is 0.523. The molecule has 0 bridgehead atoms. The molecule has 0 rings (SSSR count). The Kier molecular flexibility index (Phi) is 7.40. The number of rotatable bonds is 10. The van der Waals surface area contributed by atoms with Crippen LogP contribution in [0.5, 0.6) is 0 Å². The average Bonchev–Trinajstić information content (AvgIpc) is 2.52. The molecule has 0 aliphatic heterocycles. The van der Waals surface area contributed by atoms with Crippen LogP contribution in [0.25, 0.3) is 0 Å². The van der Waals surface area contributed by atoms with Crippen LogP contribution in [0.4, 0.5) is 74.6 Å². The van der Waals surface area contributed by atoms with Crippen LogP contribution in [0.2, 0.25) is 0 Å². The Morgan fingerprint density at radius 3 is 1.00 bits per heavy atom. The summed E-state index contributed by atoms with van der Waals surface area (Å²) in [6.07, 6.45) is -12.0. The van der Waals surface area contributed by atoms with Gasteiger partial charge in [-0.1, -0.05) is 0 Å². The zero-order chi connectivity index (χ0) is 24.8. The minimum Gasteiger partial charge on any atom is -0.330 e. The second-order valence-corrected chi connectivity index (χ2v) is 5.89. The molecule has 0 radical (unpaired) electrons. The summed E-state index contributed by atoms with van der Waals surface area (Å²) >= 11 is 0. The second kappa shape index (κ2) is 7.72. The van der Waals surface area contributed by atoms with Crippen molar-refractivity contribution in [2.24, 2.45) is 5.73 Å². The van der Waals surface area contributed by atoms with Crippen molar-refractivity contribution in [2.75, 3.05) is 6.54 Å². The van der Waals surface area contributed by atoms with Gasteiger partial charge in [-0.05, 0) is 19.4 Å². The molecule has 18 heteroatoms. The van der Waals surface area contributed by atoms with Crippen LogP contribution in [0.3, 0.4) is 0 Å². The molecule has 0 aliphatic carbocycles. The Morgan fingerprint density at radius 2 is 0.700 bits per heavy atom. The molecule has 0 heterocycles. The fraction of sp³-hybridized carbons (Fsp3) is 1.00. The fourth-order valence-electron chi connectivity index (χ4n) is 1.84. The summed E-state index contributed by atoms with van der Waals surface area (Å²) in [6.45, 7) is -0.523. The molecular weight excluding hydrogens is 481 g/mol. The van der Waals surface area contributed by atoms with Gasteiger partial charge in [-0.3, -0.25) is 0 Å². The summed E-state index contributed by atoms with van der Waals surface area (Å²) in [6, 6.07) is 0. The quantitative estimate of drug-likeness (QED) is 0.289. The summed E-state index contributed by atoms with van der Waals surface area (Å²) in [5.41, 5.74) is 4.76. The SMILES string of the molecule is NCCCCC(F)(F)C(F)(F)C(F)(F)C(F)(F)C(F)(F)C(F)(F)C(F)(F)C(F)(F)F. The Labute approximate surface area is 155 Å². The number of hydrogen-bond donors (Lipinski definition) is 1. The highest BCUT2D eigenvalue weighted by atomic mass is 19.4. The van der Waals surface area contributed by atoms with Crippen molar-refractivity contribution in [3.63, 3.8) is 0 Å². The molecule has 0 amide bonds. The lowest BCUT2D eigenvalue weighted by Crippen LogP contribution is -2.74. The van der Waals surface area contributed by atoms with E-state index in [2.05, 4.69) is 0 Å². The van der Waals surface area contributed by atoms with Crippen molar-refractivity contribution in [1.82, 2.24) is 0 Å². The number of alkyl halides is 17. The lowest BCUT2D eigenvalue weighted by atomic mass is 9.88. The first kappa shape index (κ1) is 28.8. The summed E-state index contributed by atoms with van der Waals surface area (Å²) < 4.78 is 220. The van der Waals surface area contributed by atoms with Crippen molar-refractivity contribution >= 4 is 0 Å². The Bertz CT molecular complexity index is 590. The first-order valence-electron chi connectivity index (χ1n) is 7.22. The molecule has 0 spiro atoms. The Balaban J connectivity index is 6.48. The third kappa shape index (κ3) is 3.87. The van der Waals surface area contributed by atoms with Crippen molar-refractivity contribution in [1.29, 1.82) is 0 Å². The van der Waals surface area contributed by atoms with E-state index in [1.54, 1.807) is 0 Å². The molecule has 30 heavy (non-hydrogen) atoms. The maximum atomic E-state index is 13.4. The van der Waals surface area contributed by atoms with E-state index in [1.807, 2.05) is 0 Å². The van der Waals surface area contributed by atoms with Crippen molar-refractivity contribution in [3.8, 4) is 0 Å². The maximum Gasteiger partial charge on any atom is 0.460 e. The number of unbranched alkanes of at least 4 members (excludes halogenated alkanes) is 1. The van der Waals surface area contributed by atoms with E-state index in [1.165, 1.54) is 0 Å². The highest BCUT2D eigenvalue weighted by Crippen LogP contribution is 2.64. The highest BCUT2D eigenvalue weighted by Gasteiger charge is 2.95. The zero-order valence-corrected chi connectivity index (χ0v) is 13.8. The standard InChI is InChI=1S/C12H10F17N/c13-5(14,3-1-2-4-30)6(15,16)7(17,18)8(19,20)9(21,22)10(23,24)11(25,26)12(27,28)29/h1-4,30H2. The molecule has 0 aromatic carbocycles. The van der Waals surface area contributed by atoms with Gasteiger partial charge in [-0.2, -0.15) is 74.6 Å². The van der Waals surface area contributed by atoms with Crippen molar-refractivity contribution in [2.45, 2.75) is 66.9 Å². The van der Waals surface area contributed by atoms with Gasteiger partial charge in [-0.25, -0.2) is 0 Å². The molecule has 0 fully saturated rings. The molecule has 0 atom stereocenters. The van der Waals surface area contributed by atoms with Crippen molar-refractivity contribution in [3.05, 3.63) is 0 Å². The smallest absolute Gasteiger partial charge is 0.330 e. The molecule has 0 aliphatic rings. The third-order valence-electron chi connectivity index (χ3n) is 3.73. The van der Waals surface area contributed by atoms with Gasteiger partial charge >= 0.3 is 47.6 Å². The Morgan fingerprint density at radius 1 is 0.400 bits per heavy atom. The van der Waals surface area contributed by atoms with Gasteiger partial charge in [0.05, 0.1) is 0 Å². The largest absolute Gasteiger partial charge is 0.460 e. The molecular formula is C12H10F17N. The predicted octanol–water partition coefficient (Wildman–Crippen LogP) is 6.12.